The molecule has 0 aliphatic heterocycles. The van der Waals surface area contributed by atoms with Crippen LogP contribution in [0.1, 0.15) is 181 Å². The first-order valence-corrected chi connectivity index (χ1v) is 25.6. The van der Waals surface area contributed by atoms with Crippen LogP contribution in [0.15, 0.2) is 158 Å². The molecular formula is C60H90O6. The Morgan fingerprint density at radius 2 is 0.621 bits per heavy atom. The maximum atomic E-state index is 12.8. The second kappa shape index (κ2) is 52.7. The fourth-order valence-electron chi connectivity index (χ4n) is 6.30. The zero-order chi connectivity index (χ0) is 47.9. The van der Waals surface area contributed by atoms with E-state index in [-0.39, 0.29) is 37.5 Å². The molecule has 0 heterocycles. The Hall–Kier alpha value is -4.97. The van der Waals surface area contributed by atoms with Crippen LogP contribution in [0.2, 0.25) is 0 Å². The van der Waals surface area contributed by atoms with E-state index in [1.807, 2.05) is 97.2 Å². The Balaban J connectivity index is 4.58. The molecule has 1 unspecified atom stereocenters. The topological polar surface area (TPSA) is 78.9 Å². The van der Waals surface area contributed by atoms with Gasteiger partial charge in [-0.3, -0.25) is 14.4 Å². The second-order valence-electron chi connectivity index (χ2n) is 16.2. The predicted octanol–water partition coefficient (Wildman–Crippen LogP) is 17.0. The van der Waals surface area contributed by atoms with Crippen molar-refractivity contribution in [1.82, 2.24) is 0 Å². The summed E-state index contributed by atoms with van der Waals surface area (Å²) >= 11 is 0. The van der Waals surface area contributed by atoms with Crippen molar-refractivity contribution in [1.29, 1.82) is 0 Å². The lowest BCUT2D eigenvalue weighted by Gasteiger charge is -2.18. The van der Waals surface area contributed by atoms with Crippen LogP contribution in [0.3, 0.4) is 0 Å². The van der Waals surface area contributed by atoms with Gasteiger partial charge in [0.05, 0.1) is 0 Å². The monoisotopic (exact) mass is 907 g/mol. The lowest BCUT2D eigenvalue weighted by atomic mass is 10.1. The van der Waals surface area contributed by atoms with Crippen molar-refractivity contribution < 1.29 is 28.6 Å². The smallest absolute Gasteiger partial charge is 0.306 e. The van der Waals surface area contributed by atoms with Gasteiger partial charge in [0.2, 0.25) is 0 Å². The standard InChI is InChI=1S/C60H90O6/c1-4-7-10-13-16-19-22-25-28-29-30-31-33-35-38-41-44-47-50-53-59(62)65-56-57(55-64-58(61)52-49-46-43-40-37-34-27-24-21-18-15-12-9-6-3)66-60(63)54-51-48-45-42-39-36-32-26-23-20-17-14-11-8-5-2/h7-14,16-23,25-26,28-33,35,38,57H,4-6,15,24,27,34,36-37,39-56H2,1-3H3/b10-7-,11-8-,12-9-,16-13-,17-14-,21-18-,22-19-,23-20-,28-25-,30-29+,32-26-,33-31-,38-35-. The van der Waals surface area contributed by atoms with Crippen molar-refractivity contribution in [3.05, 3.63) is 158 Å². The molecule has 0 fully saturated rings. The molecule has 0 saturated heterocycles. The van der Waals surface area contributed by atoms with Gasteiger partial charge >= 0.3 is 17.9 Å². The van der Waals surface area contributed by atoms with Crippen molar-refractivity contribution in [3.8, 4) is 0 Å². The average molecular weight is 907 g/mol. The molecule has 0 bridgehead atoms. The van der Waals surface area contributed by atoms with Crippen LogP contribution < -0.4 is 0 Å². The Kier molecular flexibility index (Phi) is 48.7. The zero-order valence-corrected chi connectivity index (χ0v) is 41.6. The van der Waals surface area contributed by atoms with Crippen LogP contribution in [-0.2, 0) is 28.6 Å². The molecule has 0 aromatic rings. The summed E-state index contributed by atoms with van der Waals surface area (Å²) in [6.07, 6.45) is 76.4. The predicted molar refractivity (Wildman–Crippen MR) is 283 cm³/mol. The van der Waals surface area contributed by atoms with E-state index in [9.17, 15) is 14.4 Å². The van der Waals surface area contributed by atoms with Gasteiger partial charge in [-0.25, -0.2) is 0 Å². The number of carbonyl (C=O) groups is 3. The number of allylic oxidation sites excluding steroid dienone is 26. The molecule has 6 heteroatoms. The molecule has 6 nitrogen and oxygen atoms in total. The van der Waals surface area contributed by atoms with Gasteiger partial charge < -0.3 is 14.2 Å². The number of hydrogen-bond donors (Lipinski definition) is 0. The van der Waals surface area contributed by atoms with Gasteiger partial charge in [0, 0.05) is 19.3 Å². The Labute approximate surface area is 403 Å². The molecule has 0 aliphatic rings. The molecule has 0 rings (SSSR count). The van der Waals surface area contributed by atoms with E-state index >= 15 is 0 Å². The van der Waals surface area contributed by atoms with Gasteiger partial charge in [0.25, 0.3) is 0 Å². The van der Waals surface area contributed by atoms with Crippen LogP contribution in [0.25, 0.3) is 0 Å². The highest BCUT2D eigenvalue weighted by Crippen LogP contribution is 2.13. The minimum Gasteiger partial charge on any atom is -0.462 e. The van der Waals surface area contributed by atoms with Crippen molar-refractivity contribution >= 4 is 17.9 Å². The van der Waals surface area contributed by atoms with Crippen LogP contribution >= 0.6 is 0 Å². The first-order chi connectivity index (χ1) is 32.5. The average Bonchev–Trinajstić information content (AvgIpc) is 3.31. The quantitative estimate of drug-likeness (QED) is 0.0199. The third kappa shape index (κ3) is 50.0. The minimum atomic E-state index is -0.821. The molecule has 0 spiro atoms. The summed E-state index contributed by atoms with van der Waals surface area (Å²) in [6, 6.07) is 0. The SMILES string of the molecule is CC\C=C/C=C\C=C/C=C\C=C\C=C/C=C\CCCCCC(=O)OCC(COC(=O)CCCCCCCCC/C=C\C/C=C\CC)OC(=O)CCCCCCC\C=C/C=C\C=C/C=C\CC. The molecule has 1 atom stereocenters. The molecule has 0 radical (unpaired) electrons. The van der Waals surface area contributed by atoms with E-state index in [2.05, 4.69) is 81.5 Å². The van der Waals surface area contributed by atoms with Gasteiger partial charge in [-0.05, 0) is 83.5 Å². The summed E-state index contributed by atoms with van der Waals surface area (Å²) in [4.78, 5) is 38.0. The molecule has 0 aromatic heterocycles. The van der Waals surface area contributed by atoms with Crippen LogP contribution in [0.5, 0.6) is 0 Å². The molecular weight excluding hydrogens is 817 g/mol. The van der Waals surface area contributed by atoms with Crippen molar-refractivity contribution in [3.63, 3.8) is 0 Å². The molecule has 66 heavy (non-hydrogen) atoms. The normalized spacial score (nSPS) is 13.4. The number of esters is 3. The summed E-state index contributed by atoms with van der Waals surface area (Å²) in [6.45, 7) is 6.15. The van der Waals surface area contributed by atoms with Crippen LogP contribution in [0, 0.1) is 0 Å². The zero-order valence-electron chi connectivity index (χ0n) is 41.6. The van der Waals surface area contributed by atoms with Crippen LogP contribution in [0.4, 0.5) is 0 Å². The number of unbranched alkanes of at least 4 members (excludes halogenated alkanes) is 15. The molecule has 0 aliphatic carbocycles. The van der Waals surface area contributed by atoms with E-state index in [1.165, 1.54) is 25.7 Å². The number of carbonyl (C=O) groups excluding carboxylic acids is 3. The van der Waals surface area contributed by atoms with E-state index in [1.54, 1.807) is 0 Å². The van der Waals surface area contributed by atoms with E-state index in [0.717, 1.165) is 109 Å². The largest absolute Gasteiger partial charge is 0.462 e. The number of ether oxygens (including phenoxy) is 3. The fourth-order valence-corrected chi connectivity index (χ4v) is 6.30. The van der Waals surface area contributed by atoms with Gasteiger partial charge in [0.15, 0.2) is 6.10 Å². The van der Waals surface area contributed by atoms with Gasteiger partial charge in [-0.2, -0.15) is 0 Å². The second-order valence-corrected chi connectivity index (χ2v) is 16.2. The first kappa shape index (κ1) is 61.0. The Morgan fingerprint density at radius 3 is 1.03 bits per heavy atom. The minimum absolute atomic E-state index is 0.115. The summed E-state index contributed by atoms with van der Waals surface area (Å²) < 4.78 is 16.7. The molecule has 0 aromatic carbocycles. The highest BCUT2D eigenvalue weighted by molar-refractivity contribution is 5.71. The lowest BCUT2D eigenvalue weighted by molar-refractivity contribution is -0.167. The Bertz CT molecular complexity index is 1560. The third-order valence-electron chi connectivity index (χ3n) is 10.0. The van der Waals surface area contributed by atoms with Crippen molar-refractivity contribution in [2.75, 3.05) is 13.2 Å². The van der Waals surface area contributed by atoms with Crippen molar-refractivity contribution in [2.45, 2.75) is 187 Å². The molecule has 366 valence electrons. The third-order valence-corrected chi connectivity index (χ3v) is 10.0. The van der Waals surface area contributed by atoms with Gasteiger partial charge in [0.1, 0.15) is 13.2 Å². The summed E-state index contributed by atoms with van der Waals surface area (Å²) in [5.74, 6) is -1.01. The van der Waals surface area contributed by atoms with E-state index in [4.69, 9.17) is 14.2 Å². The van der Waals surface area contributed by atoms with E-state index in [0.29, 0.717) is 19.3 Å². The van der Waals surface area contributed by atoms with Crippen LogP contribution in [-0.4, -0.2) is 37.2 Å². The molecule has 0 saturated carbocycles. The summed E-state index contributed by atoms with van der Waals surface area (Å²) in [5.41, 5.74) is 0. The van der Waals surface area contributed by atoms with Gasteiger partial charge in [-0.15, -0.1) is 0 Å². The van der Waals surface area contributed by atoms with Crippen molar-refractivity contribution in [2.24, 2.45) is 0 Å². The summed E-state index contributed by atoms with van der Waals surface area (Å²) in [5, 5.41) is 0. The summed E-state index contributed by atoms with van der Waals surface area (Å²) in [7, 11) is 0. The lowest BCUT2D eigenvalue weighted by Crippen LogP contribution is -2.30. The highest BCUT2D eigenvalue weighted by Gasteiger charge is 2.19. The molecule has 0 amide bonds. The molecule has 0 N–H and O–H groups in total. The fraction of sp³-hybridized carbons (Fsp3) is 0.517. The maximum Gasteiger partial charge on any atom is 0.306 e. The highest BCUT2D eigenvalue weighted by atomic mass is 16.6. The van der Waals surface area contributed by atoms with Gasteiger partial charge in [-0.1, -0.05) is 237 Å². The maximum absolute atomic E-state index is 12.8. The first-order valence-electron chi connectivity index (χ1n) is 25.6. The number of rotatable bonds is 43. The Morgan fingerprint density at radius 1 is 0.318 bits per heavy atom. The number of hydrogen-bond acceptors (Lipinski definition) is 6. The van der Waals surface area contributed by atoms with E-state index < -0.39 is 6.10 Å².